The van der Waals surface area contributed by atoms with Crippen LogP contribution in [0.25, 0.3) is 21.7 Å². The Bertz CT molecular complexity index is 1470. The molecule has 0 saturated carbocycles. The number of nitrogens with zero attached hydrogens (tertiary/aromatic N) is 3. The van der Waals surface area contributed by atoms with E-state index in [1.807, 2.05) is 60.4 Å². The fraction of sp³-hybridized carbons (Fsp3) is 0.321. The van der Waals surface area contributed by atoms with Gasteiger partial charge in [-0.05, 0) is 54.5 Å². The second kappa shape index (κ2) is 8.60. The summed E-state index contributed by atoms with van der Waals surface area (Å²) in [6.45, 7) is 7.19. The van der Waals surface area contributed by atoms with Gasteiger partial charge < -0.3 is 14.2 Å². The second-order valence-corrected chi connectivity index (χ2v) is 9.55. The molecule has 2 aromatic carbocycles. The van der Waals surface area contributed by atoms with E-state index in [1.54, 1.807) is 17.8 Å². The van der Waals surface area contributed by atoms with E-state index in [0.29, 0.717) is 30.2 Å². The first-order chi connectivity index (χ1) is 16.3. The third-order valence-corrected chi connectivity index (χ3v) is 6.76. The number of pyridine rings is 2. The number of amides is 1. The summed E-state index contributed by atoms with van der Waals surface area (Å²) >= 11 is 0. The number of hydrogen-bond acceptors (Lipinski definition) is 4. The summed E-state index contributed by atoms with van der Waals surface area (Å²) in [5.74, 6) is 1.18. The molecule has 0 fully saturated rings. The average molecular weight is 456 g/mol. The first-order valence-corrected chi connectivity index (χ1v) is 11.7. The molecule has 0 aliphatic carbocycles. The van der Waals surface area contributed by atoms with Crippen molar-refractivity contribution >= 4 is 27.6 Å². The van der Waals surface area contributed by atoms with Crippen LogP contribution >= 0.6 is 0 Å². The maximum absolute atomic E-state index is 13.1. The van der Waals surface area contributed by atoms with E-state index in [-0.39, 0.29) is 17.5 Å². The molecular weight excluding hydrogens is 426 g/mol. The van der Waals surface area contributed by atoms with Crippen molar-refractivity contribution in [1.82, 2.24) is 14.5 Å². The topological polar surface area (TPSA) is 64.4 Å². The number of aryl methyl sites for hydroxylation is 2. The van der Waals surface area contributed by atoms with Crippen LogP contribution in [0.1, 0.15) is 41.9 Å². The predicted octanol–water partition coefficient (Wildman–Crippen LogP) is 4.84. The van der Waals surface area contributed by atoms with Gasteiger partial charge >= 0.3 is 0 Å². The molecule has 6 heteroatoms. The van der Waals surface area contributed by atoms with Gasteiger partial charge in [0.15, 0.2) is 0 Å². The van der Waals surface area contributed by atoms with Gasteiger partial charge in [-0.3, -0.25) is 14.6 Å². The van der Waals surface area contributed by atoms with Gasteiger partial charge in [0.05, 0.1) is 22.6 Å². The van der Waals surface area contributed by atoms with Crippen molar-refractivity contribution in [2.45, 2.75) is 39.8 Å². The van der Waals surface area contributed by atoms with Crippen molar-refractivity contribution in [3.8, 4) is 5.75 Å². The lowest BCUT2D eigenvalue weighted by Crippen LogP contribution is -2.40. The lowest BCUT2D eigenvalue weighted by molar-refractivity contribution is 0.0605. The molecule has 2 aromatic heterocycles. The highest BCUT2D eigenvalue weighted by Crippen LogP contribution is 2.29. The Morgan fingerprint density at radius 2 is 1.85 bits per heavy atom. The highest BCUT2D eigenvalue weighted by Gasteiger charge is 2.33. The molecule has 34 heavy (non-hydrogen) atoms. The summed E-state index contributed by atoms with van der Waals surface area (Å²) in [6.07, 6.45) is 2.59. The van der Waals surface area contributed by atoms with Gasteiger partial charge in [-0.1, -0.05) is 32.0 Å². The van der Waals surface area contributed by atoms with Gasteiger partial charge in [0.1, 0.15) is 12.4 Å². The lowest BCUT2D eigenvalue weighted by atomic mass is 10.0. The van der Waals surface area contributed by atoms with Crippen LogP contribution in [0.4, 0.5) is 0 Å². The maximum atomic E-state index is 13.1. The number of carbonyl (C=O) groups excluding carboxylic acids is 1. The van der Waals surface area contributed by atoms with Crippen LogP contribution in [0.15, 0.2) is 59.5 Å². The van der Waals surface area contributed by atoms with Crippen LogP contribution in [0.5, 0.6) is 5.75 Å². The Morgan fingerprint density at radius 1 is 1.06 bits per heavy atom. The Morgan fingerprint density at radius 3 is 2.62 bits per heavy atom. The molecule has 5 rings (SSSR count). The minimum Gasteiger partial charge on any atom is -0.491 e. The van der Waals surface area contributed by atoms with E-state index in [1.165, 1.54) is 0 Å². The van der Waals surface area contributed by atoms with E-state index >= 15 is 0 Å². The van der Waals surface area contributed by atoms with Crippen molar-refractivity contribution in [2.75, 3.05) is 6.61 Å². The first-order valence-electron chi connectivity index (χ1n) is 11.7. The summed E-state index contributed by atoms with van der Waals surface area (Å²) in [5.41, 5.74) is 3.33. The van der Waals surface area contributed by atoms with E-state index < -0.39 is 0 Å². The van der Waals surface area contributed by atoms with E-state index in [0.717, 1.165) is 39.5 Å². The summed E-state index contributed by atoms with van der Waals surface area (Å²) < 4.78 is 7.90. The Balaban J connectivity index is 1.45. The molecule has 1 aliphatic rings. The molecule has 0 radical (unpaired) electrons. The van der Waals surface area contributed by atoms with Crippen molar-refractivity contribution in [3.05, 3.63) is 81.9 Å². The van der Waals surface area contributed by atoms with E-state index in [4.69, 9.17) is 4.74 Å². The molecule has 0 spiro atoms. The number of rotatable bonds is 6. The van der Waals surface area contributed by atoms with Crippen LogP contribution in [-0.4, -0.2) is 33.0 Å². The monoisotopic (exact) mass is 455 g/mol. The normalized spacial score (nSPS) is 14.3. The molecule has 0 saturated heterocycles. The minimum absolute atomic E-state index is 0.0373. The lowest BCUT2D eigenvalue weighted by Gasteiger charge is -2.29. The highest BCUT2D eigenvalue weighted by atomic mass is 16.5. The zero-order valence-corrected chi connectivity index (χ0v) is 20.0. The SMILES string of the molecule is Cc1nccc2c1c(=O)n(C)c1cc(OCC(CC(C)C)N3Cc4ccccc4C3=O)ccc21. The second-order valence-electron chi connectivity index (χ2n) is 9.55. The number of fused-ring (bicyclic) bond motifs is 4. The van der Waals surface area contributed by atoms with Crippen molar-refractivity contribution in [3.63, 3.8) is 0 Å². The molecule has 4 aromatic rings. The zero-order valence-electron chi connectivity index (χ0n) is 20.0. The molecule has 1 aliphatic heterocycles. The number of hydrogen-bond donors (Lipinski definition) is 0. The first kappa shape index (κ1) is 22.1. The third kappa shape index (κ3) is 3.73. The molecular formula is C28H29N3O3. The van der Waals surface area contributed by atoms with Crippen molar-refractivity contribution in [1.29, 1.82) is 0 Å². The van der Waals surface area contributed by atoms with Crippen LogP contribution < -0.4 is 10.3 Å². The molecule has 0 bridgehead atoms. The Kier molecular flexibility index (Phi) is 5.60. The number of aromatic nitrogens is 2. The number of carbonyl (C=O) groups is 1. The van der Waals surface area contributed by atoms with Gasteiger partial charge in [0, 0.05) is 36.8 Å². The van der Waals surface area contributed by atoms with Gasteiger partial charge in [-0.25, -0.2) is 0 Å². The summed E-state index contributed by atoms with van der Waals surface area (Å²) in [4.78, 5) is 32.3. The van der Waals surface area contributed by atoms with Crippen LogP contribution in [0.2, 0.25) is 0 Å². The van der Waals surface area contributed by atoms with Crippen molar-refractivity contribution in [2.24, 2.45) is 13.0 Å². The van der Waals surface area contributed by atoms with Crippen LogP contribution in [0, 0.1) is 12.8 Å². The van der Waals surface area contributed by atoms with Crippen LogP contribution in [-0.2, 0) is 13.6 Å². The van der Waals surface area contributed by atoms with Gasteiger partial charge in [-0.15, -0.1) is 0 Å². The zero-order chi connectivity index (χ0) is 24.0. The summed E-state index contributed by atoms with van der Waals surface area (Å²) in [6, 6.07) is 15.5. The predicted molar refractivity (Wildman–Crippen MR) is 134 cm³/mol. The standard InChI is InChI=1S/C28H29N3O3/c1-17(2)13-20(31-15-19-7-5-6-8-22(19)27(31)32)16-34-21-9-10-23-24-11-12-29-18(3)26(24)28(33)30(4)25(23)14-21/h5-12,14,17,20H,13,15-16H2,1-4H3. The number of ether oxygens (including phenoxy) is 1. The quantitative estimate of drug-likeness (QED) is 0.390. The maximum Gasteiger partial charge on any atom is 0.260 e. The fourth-order valence-corrected chi connectivity index (χ4v) is 5.04. The van der Waals surface area contributed by atoms with Gasteiger partial charge in [-0.2, -0.15) is 0 Å². The van der Waals surface area contributed by atoms with E-state index in [9.17, 15) is 9.59 Å². The molecule has 1 amide bonds. The average Bonchev–Trinajstić information content (AvgIpc) is 3.16. The highest BCUT2D eigenvalue weighted by molar-refractivity contribution is 6.06. The van der Waals surface area contributed by atoms with Crippen LogP contribution in [0.3, 0.4) is 0 Å². The van der Waals surface area contributed by atoms with Gasteiger partial charge in [0.2, 0.25) is 0 Å². The molecule has 6 nitrogen and oxygen atoms in total. The summed E-state index contributed by atoms with van der Waals surface area (Å²) in [5, 5.41) is 2.53. The molecule has 3 heterocycles. The Hall–Kier alpha value is -3.67. The molecule has 174 valence electrons. The smallest absolute Gasteiger partial charge is 0.260 e. The summed E-state index contributed by atoms with van der Waals surface area (Å²) in [7, 11) is 1.78. The van der Waals surface area contributed by atoms with Gasteiger partial charge in [0.25, 0.3) is 11.5 Å². The van der Waals surface area contributed by atoms with Crippen molar-refractivity contribution < 1.29 is 9.53 Å². The van der Waals surface area contributed by atoms with E-state index in [2.05, 4.69) is 18.8 Å². The molecule has 1 unspecified atom stereocenters. The Labute approximate surface area is 198 Å². The number of benzene rings is 2. The minimum atomic E-state index is -0.0663. The fourth-order valence-electron chi connectivity index (χ4n) is 5.04. The molecule has 0 N–H and O–H groups in total. The third-order valence-electron chi connectivity index (χ3n) is 6.76. The molecule has 1 atom stereocenters. The largest absolute Gasteiger partial charge is 0.491 e.